The highest BCUT2D eigenvalue weighted by atomic mass is 16.2. The quantitative estimate of drug-likeness (QED) is 0.612. The Bertz CT molecular complexity index is 699. The second-order valence-corrected chi connectivity index (χ2v) is 7.25. The monoisotopic (exact) mass is 387 g/mol. The highest BCUT2D eigenvalue weighted by Crippen LogP contribution is 2.25. The first-order valence-electron chi connectivity index (χ1n) is 9.67. The molecule has 1 aliphatic heterocycles. The van der Waals surface area contributed by atoms with Crippen LogP contribution in [0.25, 0.3) is 0 Å². The highest BCUT2D eigenvalue weighted by Gasteiger charge is 2.24. The van der Waals surface area contributed by atoms with Crippen LogP contribution in [0, 0.1) is 5.92 Å². The number of benzene rings is 1. The normalized spacial score (nSPS) is 15.9. The van der Waals surface area contributed by atoms with Crippen LogP contribution in [0.1, 0.15) is 41.6 Å². The molecule has 7 heteroatoms. The van der Waals surface area contributed by atoms with Crippen molar-refractivity contribution in [3.8, 4) is 0 Å². The summed E-state index contributed by atoms with van der Waals surface area (Å²) in [6.07, 6.45) is 5.06. The van der Waals surface area contributed by atoms with Crippen LogP contribution in [0.2, 0.25) is 0 Å². The van der Waals surface area contributed by atoms with Crippen molar-refractivity contribution in [3.63, 3.8) is 0 Å². The Kier molecular flexibility index (Phi) is 8.32. The maximum atomic E-state index is 12.2. The topological polar surface area (TPSA) is 86.8 Å². The van der Waals surface area contributed by atoms with Crippen LogP contribution in [0.4, 0.5) is 5.69 Å². The van der Waals surface area contributed by atoms with Gasteiger partial charge in [-0.15, -0.1) is 0 Å². The van der Waals surface area contributed by atoms with Crippen LogP contribution < -0.4 is 10.2 Å². The van der Waals surface area contributed by atoms with Gasteiger partial charge in [0, 0.05) is 50.3 Å². The van der Waals surface area contributed by atoms with Crippen molar-refractivity contribution in [1.82, 2.24) is 10.2 Å². The van der Waals surface area contributed by atoms with Gasteiger partial charge < -0.3 is 19.8 Å². The molecule has 0 aromatic heterocycles. The van der Waals surface area contributed by atoms with E-state index in [1.807, 2.05) is 24.1 Å². The molecule has 1 aromatic rings. The first kappa shape index (κ1) is 21.8. The molecule has 1 atom stereocenters. The maximum Gasteiger partial charge on any atom is 0.237 e. The Labute approximate surface area is 166 Å². The van der Waals surface area contributed by atoms with Crippen molar-refractivity contribution in [2.45, 2.75) is 38.3 Å². The van der Waals surface area contributed by atoms with Crippen molar-refractivity contribution >= 4 is 30.5 Å². The summed E-state index contributed by atoms with van der Waals surface area (Å²) >= 11 is 0. The molecular weight excluding hydrogens is 358 g/mol. The molecular formula is C21H29N3O4. The lowest BCUT2D eigenvalue weighted by Gasteiger charge is -2.32. The van der Waals surface area contributed by atoms with E-state index in [0.29, 0.717) is 24.9 Å². The van der Waals surface area contributed by atoms with Crippen molar-refractivity contribution in [1.29, 1.82) is 0 Å². The van der Waals surface area contributed by atoms with E-state index in [9.17, 15) is 19.2 Å². The van der Waals surface area contributed by atoms with E-state index in [4.69, 9.17) is 0 Å². The fourth-order valence-corrected chi connectivity index (χ4v) is 3.66. The molecule has 0 aliphatic carbocycles. The van der Waals surface area contributed by atoms with Gasteiger partial charge >= 0.3 is 0 Å². The molecule has 28 heavy (non-hydrogen) atoms. The van der Waals surface area contributed by atoms with Crippen LogP contribution in [0.15, 0.2) is 18.2 Å². The smallest absolute Gasteiger partial charge is 0.237 e. The summed E-state index contributed by atoms with van der Waals surface area (Å²) in [5.41, 5.74) is 2.44. The Hall–Kier alpha value is -2.54. The first-order valence-corrected chi connectivity index (χ1v) is 9.67. The lowest BCUT2D eigenvalue weighted by molar-refractivity contribution is -0.126. The summed E-state index contributed by atoms with van der Waals surface area (Å²) in [5, 5.41) is 2.64. The van der Waals surface area contributed by atoms with Gasteiger partial charge in [-0.3, -0.25) is 14.5 Å². The van der Waals surface area contributed by atoms with Crippen LogP contribution in [-0.2, 0) is 20.9 Å². The minimum atomic E-state index is -0.443. The Morgan fingerprint density at radius 1 is 1.29 bits per heavy atom. The number of carbonyl (C=O) groups excluding carboxylic acids is 4. The fraction of sp³-hybridized carbons (Fsp3) is 0.524. The summed E-state index contributed by atoms with van der Waals surface area (Å²) in [6, 6.07) is 5.28. The van der Waals surface area contributed by atoms with Crippen molar-refractivity contribution in [2.24, 2.45) is 5.92 Å². The SMILES string of the molecule is CNC(=O)C(CCC=O)N(C)Cc1cc(N2CCC(C=O)CC2)ccc1C=O. The van der Waals surface area contributed by atoms with Gasteiger partial charge in [0.2, 0.25) is 5.91 Å². The molecule has 1 aromatic carbocycles. The van der Waals surface area contributed by atoms with Gasteiger partial charge in [-0.1, -0.05) is 0 Å². The number of hydrogen-bond donors (Lipinski definition) is 1. The number of carbonyl (C=O) groups is 4. The number of anilines is 1. The molecule has 7 nitrogen and oxygen atoms in total. The average molecular weight is 387 g/mol. The maximum absolute atomic E-state index is 12.2. The lowest BCUT2D eigenvalue weighted by Crippen LogP contribution is -2.43. The Balaban J connectivity index is 2.18. The van der Waals surface area contributed by atoms with Gasteiger partial charge in [-0.25, -0.2) is 0 Å². The molecule has 1 amide bonds. The van der Waals surface area contributed by atoms with Crippen LogP contribution in [-0.4, -0.2) is 62.9 Å². The number of hydrogen-bond acceptors (Lipinski definition) is 6. The average Bonchev–Trinajstić information content (AvgIpc) is 2.73. The molecule has 0 spiro atoms. The molecule has 0 radical (unpaired) electrons. The van der Waals surface area contributed by atoms with E-state index in [1.165, 1.54) is 0 Å². The zero-order chi connectivity index (χ0) is 20.5. The second-order valence-electron chi connectivity index (χ2n) is 7.25. The number of aldehydes is 3. The molecule has 1 unspecified atom stereocenters. The molecule has 1 fully saturated rings. The molecule has 1 aliphatic rings. The number of nitrogens with zero attached hydrogens (tertiary/aromatic N) is 2. The van der Waals surface area contributed by atoms with E-state index in [0.717, 1.165) is 56.0 Å². The Morgan fingerprint density at radius 3 is 2.57 bits per heavy atom. The van der Waals surface area contributed by atoms with Crippen molar-refractivity contribution in [3.05, 3.63) is 29.3 Å². The van der Waals surface area contributed by atoms with Crippen LogP contribution >= 0.6 is 0 Å². The molecule has 0 saturated carbocycles. The molecule has 0 bridgehead atoms. The summed E-state index contributed by atoms with van der Waals surface area (Å²) in [5.74, 6) is -0.0219. The van der Waals surface area contributed by atoms with Crippen LogP contribution in [0.5, 0.6) is 0 Å². The van der Waals surface area contributed by atoms with Crippen molar-refractivity contribution in [2.75, 3.05) is 32.1 Å². The first-order chi connectivity index (χ1) is 13.5. The van der Waals surface area contributed by atoms with Gasteiger partial charge in [0.15, 0.2) is 0 Å². The third kappa shape index (κ3) is 5.48. The summed E-state index contributed by atoms with van der Waals surface area (Å²) < 4.78 is 0. The van der Waals surface area contributed by atoms with E-state index in [-0.39, 0.29) is 11.8 Å². The van der Waals surface area contributed by atoms with E-state index >= 15 is 0 Å². The number of amides is 1. The number of rotatable bonds is 10. The zero-order valence-corrected chi connectivity index (χ0v) is 16.6. The molecule has 1 N–H and O–H groups in total. The number of likely N-dealkylation sites (N-methyl/N-ethyl adjacent to an activating group) is 2. The molecule has 152 valence electrons. The predicted molar refractivity (Wildman–Crippen MR) is 107 cm³/mol. The minimum absolute atomic E-state index is 0.127. The van der Waals surface area contributed by atoms with Crippen LogP contribution in [0.3, 0.4) is 0 Å². The predicted octanol–water partition coefficient (Wildman–Crippen LogP) is 1.44. The molecule has 2 rings (SSSR count). The van der Waals surface area contributed by atoms with Gasteiger partial charge in [0.1, 0.15) is 18.9 Å². The van der Waals surface area contributed by atoms with E-state index in [1.54, 1.807) is 13.1 Å². The zero-order valence-electron chi connectivity index (χ0n) is 16.6. The minimum Gasteiger partial charge on any atom is -0.371 e. The number of piperidine rings is 1. The van der Waals surface area contributed by atoms with E-state index < -0.39 is 6.04 Å². The molecule has 1 heterocycles. The standard InChI is InChI=1S/C21H29N3O4/c1-22-21(28)20(4-3-11-25)23(2)13-18-12-19(6-5-17(18)15-27)24-9-7-16(14-26)8-10-24/h5-6,11-12,14-16,20H,3-4,7-10,13H2,1-2H3,(H,22,28). The summed E-state index contributed by atoms with van der Waals surface area (Å²) in [6.45, 7) is 2.03. The molecule has 1 saturated heterocycles. The van der Waals surface area contributed by atoms with Gasteiger partial charge in [-0.05, 0) is 50.1 Å². The highest BCUT2D eigenvalue weighted by molar-refractivity contribution is 5.82. The van der Waals surface area contributed by atoms with Gasteiger partial charge in [0.25, 0.3) is 0 Å². The largest absolute Gasteiger partial charge is 0.371 e. The third-order valence-corrected chi connectivity index (χ3v) is 5.41. The summed E-state index contributed by atoms with van der Waals surface area (Å²) in [4.78, 5) is 49.5. The van der Waals surface area contributed by atoms with Crippen molar-refractivity contribution < 1.29 is 19.2 Å². The Morgan fingerprint density at radius 2 is 2.00 bits per heavy atom. The second kappa shape index (κ2) is 10.7. The third-order valence-electron chi connectivity index (χ3n) is 5.41. The number of nitrogens with one attached hydrogen (secondary N) is 1. The van der Waals surface area contributed by atoms with E-state index in [2.05, 4.69) is 10.2 Å². The van der Waals surface area contributed by atoms with Gasteiger partial charge in [0.05, 0.1) is 6.04 Å². The summed E-state index contributed by atoms with van der Waals surface area (Å²) in [7, 11) is 3.39. The fourth-order valence-electron chi connectivity index (χ4n) is 3.66. The lowest BCUT2D eigenvalue weighted by atomic mass is 9.97. The van der Waals surface area contributed by atoms with Gasteiger partial charge in [-0.2, -0.15) is 0 Å².